The summed E-state index contributed by atoms with van der Waals surface area (Å²) in [7, 11) is 0. The minimum atomic E-state index is 0.725. The second kappa shape index (κ2) is 9.50. The summed E-state index contributed by atoms with van der Waals surface area (Å²) in [4.78, 5) is 0. The highest BCUT2D eigenvalue weighted by atomic mass is 14.2. The van der Waals surface area contributed by atoms with Gasteiger partial charge in [0, 0.05) is 0 Å². The molecule has 100 valence electrons. The fraction of sp³-hybridized carbons (Fsp3) is 0.765. The van der Waals surface area contributed by atoms with Crippen molar-refractivity contribution < 1.29 is 0 Å². The van der Waals surface area contributed by atoms with Gasteiger partial charge in [0.15, 0.2) is 0 Å². The predicted molar refractivity (Wildman–Crippen MR) is 80.3 cm³/mol. The van der Waals surface area contributed by atoms with Crippen LogP contribution in [0, 0.1) is 5.92 Å². The lowest BCUT2D eigenvalue weighted by Crippen LogP contribution is -2.02. The van der Waals surface area contributed by atoms with Gasteiger partial charge >= 0.3 is 0 Å². The molecule has 0 aliphatic heterocycles. The lowest BCUT2D eigenvalue weighted by atomic mass is 9.88. The summed E-state index contributed by atoms with van der Waals surface area (Å²) in [6.07, 6.45) is 9.85. The Kier molecular flexibility index (Phi) is 9.21. The third kappa shape index (κ3) is 6.10. The Bertz CT molecular complexity index is 249. The van der Waals surface area contributed by atoms with Gasteiger partial charge in [-0.25, -0.2) is 0 Å². The van der Waals surface area contributed by atoms with Crippen molar-refractivity contribution in [3.8, 4) is 0 Å². The zero-order valence-electron chi connectivity index (χ0n) is 12.9. The first-order valence-electron chi connectivity index (χ1n) is 7.46. The molecule has 0 saturated carbocycles. The molecule has 0 bridgehead atoms. The molecule has 0 heterocycles. The number of hydrogen-bond donors (Lipinski definition) is 0. The molecule has 0 aromatic carbocycles. The fourth-order valence-electron chi connectivity index (χ4n) is 2.69. The molecule has 1 unspecified atom stereocenters. The predicted octanol–water partition coefficient (Wildman–Crippen LogP) is 6.29. The summed E-state index contributed by atoms with van der Waals surface area (Å²) in [5, 5.41) is 0. The monoisotopic (exact) mass is 236 g/mol. The SMILES string of the molecule is CCC=C(CCC)C(C)CC(C)=C(CC)CC. The average molecular weight is 236 g/mol. The van der Waals surface area contributed by atoms with Crippen molar-refractivity contribution in [1.82, 2.24) is 0 Å². The van der Waals surface area contributed by atoms with Crippen LogP contribution in [0.25, 0.3) is 0 Å². The van der Waals surface area contributed by atoms with Crippen LogP contribution in [-0.2, 0) is 0 Å². The first-order chi connectivity index (χ1) is 8.10. The van der Waals surface area contributed by atoms with Crippen LogP contribution < -0.4 is 0 Å². The largest absolute Gasteiger partial charge is 0.0853 e. The summed E-state index contributed by atoms with van der Waals surface area (Å²) in [6.45, 7) is 13.8. The third-order valence-electron chi connectivity index (χ3n) is 3.71. The molecule has 0 amide bonds. The smallest absolute Gasteiger partial charge is 0.0194 e. The van der Waals surface area contributed by atoms with E-state index in [0.29, 0.717) is 0 Å². The van der Waals surface area contributed by atoms with E-state index in [2.05, 4.69) is 47.6 Å². The highest BCUT2D eigenvalue weighted by Gasteiger charge is 2.10. The van der Waals surface area contributed by atoms with Gasteiger partial charge in [-0.15, -0.1) is 0 Å². The molecule has 0 aliphatic rings. The van der Waals surface area contributed by atoms with Crippen LogP contribution in [0.1, 0.15) is 80.1 Å². The van der Waals surface area contributed by atoms with Crippen molar-refractivity contribution in [1.29, 1.82) is 0 Å². The van der Waals surface area contributed by atoms with Crippen LogP contribution in [0.3, 0.4) is 0 Å². The molecule has 0 heteroatoms. The summed E-state index contributed by atoms with van der Waals surface area (Å²) in [5.74, 6) is 0.725. The Balaban J connectivity index is 4.65. The molecular formula is C17H32. The minimum Gasteiger partial charge on any atom is -0.0853 e. The van der Waals surface area contributed by atoms with Gasteiger partial charge in [-0.2, -0.15) is 0 Å². The van der Waals surface area contributed by atoms with E-state index in [1.165, 1.54) is 38.5 Å². The molecule has 0 aliphatic carbocycles. The van der Waals surface area contributed by atoms with Gasteiger partial charge in [0.05, 0.1) is 0 Å². The molecule has 0 radical (unpaired) electrons. The molecule has 0 nitrogen and oxygen atoms in total. The van der Waals surface area contributed by atoms with Crippen molar-refractivity contribution in [2.24, 2.45) is 5.92 Å². The zero-order valence-corrected chi connectivity index (χ0v) is 12.9. The van der Waals surface area contributed by atoms with Crippen LogP contribution in [-0.4, -0.2) is 0 Å². The summed E-state index contributed by atoms with van der Waals surface area (Å²) in [6, 6.07) is 0. The molecule has 0 N–H and O–H groups in total. The molecule has 0 aromatic heterocycles. The standard InChI is InChI=1S/C17H32/c1-7-11-17(12-8-2)15(6)13-14(5)16(9-3)10-4/h11,15H,7-10,12-13H2,1-6H3. The molecule has 0 fully saturated rings. The minimum absolute atomic E-state index is 0.725. The maximum Gasteiger partial charge on any atom is -0.0194 e. The Labute approximate surface area is 109 Å². The van der Waals surface area contributed by atoms with Crippen LogP contribution >= 0.6 is 0 Å². The van der Waals surface area contributed by atoms with Crippen LogP contribution in [0.4, 0.5) is 0 Å². The normalized spacial score (nSPS) is 13.6. The van der Waals surface area contributed by atoms with Crippen molar-refractivity contribution in [3.05, 3.63) is 22.8 Å². The zero-order chi connectivity index (χ0) is 13.3. The molecule has 0 rings (SSSR count). The van der Waals surface area contributed by atoms with Gasteiger partial charge in [0.2, 0.25) is 0 Å². The Morgan fingerprint density at radius 2 is 1.65 bits per heavy atom. The maximum atomic E-state index is 2.44. The van der Waals surface area contributed by atoms with Gasteiger partial charge in [0.25, 0.3) is 0 Å². The van der Waals surface area contributed by atoms with Gasteiger partial charge in [-0.05, 0) is 44.9 Å². The third-order valence-corrected chi connectivity index (χ3v) is 3.71. The quantitative estimate of drug-likeness (QED) is 0.435. The summed E-state index contributed by atoms with van der Waals surface area (Å²) in [5.41, 5.74) is 4.95. The van der Waals surface area contributed by atoms with Crippen LogP contribution in [0.2, 0.25) is 0 Å². The van der Waals surface area contributed by atoms with E-state index >= 15 is 0 Å². The highest BCUT2D eigenvalue weighted by Crippen LogP contribution is 2.26. The molecule has 0 saturated heterocycles. The van der Waals surface area contributed by atoms with Crippen molar-refractivity contribution in [3.63, 3.8) is 0 Å². The van der Waals surface area contributed by atoms with E-state index in [0.717, 1.165) is 5.92 Å². The van der Waals surface area contributed by atoms with E-state index in [1.54, 1.807) is 16.7 Å². The van der Waals surface area contributed by atoms with Crippen molar-refractivity contribution in [2.75, 3.05) is 0 Å². The van der Waals surface area contributed by atoms with Gasteiger partial charge in [-0.1, -0.05) is 63.8 Å². The van der Waals surface area contributed by atoms with Crippen molar-refractivity contribution >= 4 is 0 Å². The Morgan fingerprint density at radius 3 is 2.06 bits per heavy atom. The number of rotatable bonds is 8. The van der Waals surface area contributed by atoms with E-state index in [4.69, 9.17) is 0 Å². The molecule has 17 heavy (non-hydrogen) atoms. The second-order valence-corrected chi connectivity index (χ2v) is 5.13. The first kappa shape index (κ1) is 16.5. The lowest BCUT2D eigenvalue weighted by Gasteiger charge is -2.18. The number of allylic oxidation sites excluding steroid dienone is 4. The highest BCUT2D eigenvalue weighted by molar-refractivity contribution is 5.16. The van der Waals surface area contributed by atoms with Crippen LogP contribution in [0.5, 0.6) is 0 Å². The molecular weight excluding hydrogens is 204 g/mol. The average Bonchev–Trinajstić information content (AvgIpc) is 2.30. The fourth-order valence-corrected chi connectivity index (χ4v) is 2.69. The van der Waals surface area contributed by atoms with Crippen molar-refractivity contribution in [2.45, 2.75) is 80.1 Å². The Morgan fingerprint density at radius 1 is 1.06 bits per heavy atom. The summed E-state index contributed by atoms with van der Waals surface area (Å²) >= 11 is 0. The van der Waals surface area contributed by atoms with E-state index in [9.17, 15) is 0 Å². The number of hydrogen-bond acceptors (Lipinski definition) is 0. The molecule has 0 aromatic rings. The topological polar surface area (TPSA) is 0 Å². The summed E-state index contributed by atoms with van der Waals surface area (Å²) < 4.78 is 0. The van der Waals surface area contributed by atoms with Gasteiger partial charge < -0.3 is 0 Å². The lowest BCUT2D eigenvalue weighted by molar-refractivity contribution is 0.621. The first-order valence-corrected chi connectivity index (χ1v) is 7.46. The molecule has 0 spiro atoms. The molecule has 1 atom stereocenters. The Hall–Kier alpha value is -0.520. The second-order valence-electron chi connectivity index (χ2n) is 5.13. The van der Waals surface area contributed by atoms with E-state index in [1.807, 2.05) is 0 Å². The van der Waals surface area contributed by atoms with Crippen LogP contribution in [0.15, 0.2) is 22.8 Å². The van der Waals surface area contributed by atoms with E-state index in [-0.39, 0.29) is 0 Å². The maximum absolute atomic E-state index is 2.44. The van der Waals surface area contributed by atoms with Gasteiger partial charge in [0.1, 0.15) is 0 Å². The van der Waals surface area contributed by atoms with E-state index < -0.39 is 0 Å². The van der Waals surface area contributed by atoms with Gasteiger partial charge in [-0.3, -0.25) is 0 Å².